The normalized spacial score (nSPS) is 11.6. The maximum absolute atomic E-state index is 12.0. The molecule has 1 aromatic carbocycles. The minimum Gasteiger partial charge on any atom is -0.465 e. The van der Waals surface area contributed by atoms with E-state index in [1.807, 2.05) is 19.9 Å². The number of esters is 1. The van der Waals surface area contributed by atoms with Crippen molar-refractivity contribution in [2.45, 2.75) is 26.8 Å². The van der Waals surface area contributed by atoms with Gasteiger partial charge in [-0.2, -0.15) is 0 Å². The zero-order valence-electron chi connectivity index (χ0n) is 14.0. The number of rotatable bonds is 5. The van der Waals surface area contributed by atoms with Crippen LogP contribution in [0.15, 0.2) is 28.0 Å². The third-order valence-corrected chi connectivity index (χ3v) is 4.14. The van der Waals surface area contributed by atoms with E-state index in [0.717, 1.165) is 17.1 Å². The Morgan fingerprint density at radius 1 is 1.42 bits per heavy atom. The predicted molar refractivity (Wildman–Crippen MR) is 96.6 cm³/mol. The molecule has 0 atom stereocenters. The average Bonchev–Trinajstić information content (AvgIpc) is 2.88. The summed E-state index contributed by atoms with van der Waals surface area (Å²) in [6.07, 6.45) is 0. The molecule has 2 aromatic rings. The van der Waals surface area contributed by atoms with Crippen molar-refractivity contribution in [2.75, 3.05) is 12.4 Å². The van der Waals surface area contributed by atoms with Crippen LogP contribution in [0.5, 0.6) is 0 Å². The Labute approximate surface area is 143 Å². The number of nitrogens with two attached hydrogens (primary N) is 1. The quantitative estimate of drug-likeness (QED) is 0.437. The summed E-state index contributed by atoms with van der Waals surface area (Å²) in [4.78, 5) is 28.1. The van der Waals surface area contributed by atoms with Crippen molar-refractivity contribution < 1.29 is 9.53 Å². The predicted octanol–water partition coefficient (Wildman–Crippen LogP) is 2.39. The van der Waals surface area contributed by atoms with Crippen LogP contribution in [-0.2, 0) is 4.74 Å². The van der Waals surface area contributed by atoms with Gasteiger partial charge < -0.3 is 15.8 Å². The molecule has 1 aromatic heterocycles. The van der Waals surface area contributed by atoms with Gasteiger partial charge in [-0.15, -0.1) is 0 Å². The minimum atomic E-state index is -0.417. The standard InChI is InChI=1S/C16H20N4O3S/c1-8(2)18-13(17)12-14(21)20-24-15(12)19-11-7-5-6-10(9(11)3)16(22)23-4/h5-8,19H,1-4H3,(H2,17,18)(H,20,21). The Balaban J connectivity index is 2.44. The first kappa shape index (κ1) is 17.7. The Bertz CT molecular complexity index is 836. The molecular weight excluding hydrogens is 328 g/mol. The number of benzene rings is 1. The van der Waals surface area contributed by atoms with Gasteiger partial charge in [-0.05, 0) is 50.0 Å². The smallest absolute Gasteiger partial charge is 0.338 e. The lowest BCUT2D eigenvalue weighted by Gasteiger charge is -2.12. The Hall–Kier alpha value is -2.61. The fraction of sp³-hybridized carbons (Fsp3) is 0.312. The number of amidine groups is 1. The van der Waals surface area contributed by atoms with Crippen LogP contribution in [0.3, 0.4) is 0 Å². The number of carbonyl (C=O) groups excluding carboxylic acids is 1. The molecule has 0 aliphatic rings. The minimum absolute atomic E-state index is 0.0264. The second kappa shape index (κ2) is 7.31. The lowest BCUT2D eigenvalue weighted by molar-refractivity contribution is 0.0600. The molecule has 0 aliphatic carbocycles. The van der Waals surface area contributed by atoms with E-state index in [4.69, 9.17) is 10.5 Å². The van der Waals surface area contributed by atoms with E-state index >= 15 is 0 Å². The third-order valence-electron chi connectivity index (χ3n) is 3.34. The lowest BCUT2D eigenvalue weighted by atomic mass is 10.1. The number of anilines is 2. The average molecular weight is 348 g/mol. The van der Waals surface area contributed by atoms with Crippen LogP contribution in [0.4, 0.5) is 10.7 Å². The zero-order valence-corrected chi connectivity index (χ0v) is 14.8. The van der Waals surface area contributed by atoms with Gasteiger partial charge in [0.25, 0.3) is 5.56 Å². The highest BCUT2D eigenvalue weighted by molar-refractivity contribution is 7.10. The zero-order chi connectivity index (χ0) is 17.9. The number of aromatic amines is 1. The number of aromatic nitrogens is 1. The summed E-state index contributed by atoms with van der Waals surface area (Å²) in [6, 6.07) is 5.20. The van der Waals surface area contributed by atoms with Gasteiger partial charge in [0, 0.05) is 11.7 Å². The van der Waals surface area contributed by atoms with Crippen LogP contribution >= 0.6 is 11.5 Å². The molecular formula is C16H20N4O3S. The fourth-order valence-corrected chi connectivity index (χ4v) is 2.95. The largest absolute Gasteiger partial charge is 0.465 e. The molecule has 128 valence electrons. The molecule has 0 bridgehead atoms. The molecule has 0 spiro atoms. The molecule has 0 radical (unpaired) electrons. The van der Waals surface area contributed by atoms with Crippen molar-refractivity contribution in [3.05, 3.63) is 45.2 Å². The van der Waals surface area contributed by atoms with Crippen LogP contribution in [0.25, 0.3) is 0 Å². The van der Waals surface area contributed by atoms with Crippen LogP contribution in [0.1, 0.15) is 35.3 Å². The van der Waals surface area contributed by atoms with Gasteiger partial charge in [0.05, 0.1) is 12.7 Å². The van der Waals surface area contributed by atoms with Crippen LogP contribution < -0.4 is 16.6 Å². The molecule has 2 rings (SSSR count). The number of nitrogens with zero attached hydrogens (tertiary/aromatic N) is 1. The topological polar surface area (TPSA) is 110 Å². The van der Waals surface area contributed by atoms with E-state index in [9.17, 15) is 9.59 Å². The maximum Gasteiger partial charge on any atom is 0.338 e. The highest BCUT2D eigenvalue weighted by atomic mass is 32.1. The monoisotopic (exact) mass is 348 g/mol. The van der Waals surface area contributed by atoms with Crippen LogP contribution in [0, 0.1) is 6.92 Å². The molecule has 0 unspecified atom stereocenters. The van der Waals surface area contributed by atoms with Crippen molar-refractivity contribution >= 4 is 34.0 Å². The summed E-state index contributed by atoms with van der Waals surface area (Å²) in [5.74, 6) is -0.240. The number of hydrogen-bond donors (Lipinski definition) is 3. The van der Waals surface area contributed by atoms with Gasteiger partial charge in [-0.25, -0.2) is 4.79 Å². The van der Waals surface area contributed by atoms with Crippen LogP contribution in [0.2, 0.25) is 0 Å². The van der Waals surface area contributed by atoms with Crippen molar-refractivity contribution in [1.82, 2.24) is 4.37 Å². The summed E-state index contributed by atoms with van der Waals surface area (Å²) in [7, 11) is 1.33. The summed E-state index contributed by atoms with van der Waals surface area (Å²) in [5, 5.41) is 3.70. The first-order chi connectivity index (χ1) is 11.3. The molecule has 4 N–H and O–H groups in total. The molecule has 1 heterocycles. The number of nitrogens with one attached hydrogen (secondary N) is 2. The van der Waals surface area contributed by atoms with E-state index in [-0.39, 0.29) is 17.4 Å². The number of H-pyrrole nitrogens is 1. The number of ether oxygens (including phenoxy) is 1. The Morgan fingerprint density at radius 2 is 2.12 bits per heavy atom. The molecule has 0 saturated carbocycles. The Kier molecular flexibility index (Phi) is 5.40. The van der Waals surface area contributed by atoms with Gasteiger partial charge in [0.2, 0.25) is 0 Å². The third kappa shape index (κ3) is 3.65. The number of hydrogen-bond acceptors (Lipinski definition) is 6. The molecule has 0 aliphatic heterocycles. The van der Waals surface area contributed by atoms with Crippen molar-refractivity contribution in [3.8, 4) is 0 Å². The Morgan fingerprint density at radius 3 is 2.75 bits per heavy atom. The fourth-order valence-electron chi connectivity index (χ4n) is 2.19. The maximum atomic E-state index is 12.0. The summed E-state index contributed by atoms with van der Waals surface area (Å²) >= 11 is 1.13. The van der Waals surface area contributed by atoms with Gasteiger partial charge in [-0.3, -0.25) is 14.2 Å². The van der Waals surface area contributed by atoms with Crippen molar-refractivity contribution in [3.63, 3.8) is 0 Å². The lowest BCUT2D eigenvalue weighted by Crippen LogP contribution is -2.23. The number of aliphatic imine (C=N–C) groups is 1. The van der Waals surface area contributed by atoms with E-state index in [0.29, 0.717) is 21.8 Å². The molecule has 0 amide bonds. The second-order valence-electron chi connectivity index (χ2n) is 5.44. The van der Waals surface area contributed by atoms with Crippen molar-refractivity contribution in [2.24, 2.45) is 10.7 Å². The van der Waals surface area contributed by atoms with E-state index < -0.39 is 5.97 Å². The first-order valence-electron chi connectivity index (χ1n) is 7.35. The van der Waals surface area contributed by atoms with E-state index in [1.165, 1.54) is 7.11 Å². The molecule has 8 heteroatoms. The van der Waals surface area contributed by atoms with E-state index in [2.05, 4.69) is 14.7 Å². The van der Waals surface area contributed by atoms with E-state index in [1.54, 1.807) is 19.1 Å². The van der Waals surface area contributed by atoms with Gasteiger partial charge in [-0.1, -0.05) is 6.07 Å². The summed E-state index contributed by atoms with van der Waals surface area (Å²) in [6.45, 7) is 5.56. The van der Waals surface area contributed by atoms with Crippen LogP contribution in [-0.4, -0.2) is 29.3 Å². The summed E-state index contributed by atoms with van der Waals surface area (Å²) < 4.78 is 7.42. The van der Waals surface area contributed by atoms with Gasteiger partial charge in [0.1, 0.15) is 16.4 Å². The highest BCUT2D eigenvalue weighted by Crippen LogP contribution is 2.27. The first-order valence-corrected chi connectivity index (χ1v) is 8.16. The highest BCUT2D eigenvalue weighted by Gasteiger charge is 2.17. The summed E-state index contributed by atoms with van der Waals surface area (Å²) in [5.41, 5.74) is 7.82. The number of methoxy groups -OCH3 is 1. The molecule has 0 saturated heterocycles. The molecule has 0 fully saturated rings. The molecule has 7 nitrogen and oxygen atoms in total. The van der Waals surface area contributed by atoms with Gasteiger partial charge >= 0.3 is 5.97 Å². The second-order valence-corrected chi connectivity index (χ2v) is 6.26. The SMILES string of the molecule is COC(=O)c1cccc(Nc2s[nH]c(=O)c2C(N)=NC(C)C)c1C. The van der Waals surface area contributed by atoms with Gasteiger partial charge in [0.15, 0.2) is 0 Å². The molecule has 24 heavy (non-hydrogen) atoms. The van der Waals surface area contributed by atoms with Crippen molar-refractivity contribution in [1.29, 1.82) is 0 Å². The number of carbonyl (C=O) groups is 1.